The van der Waals surface area contributed by atoms with Crippen LogP contribution in [0.5, 0.6) is 0 Å². The number of amides is 1. The fourth-order valence-corrected chi connectivity index (χ4v) is 3.49. The molecule has 0 atom stereocenters. The average molecular weight is 445 g/mol. The number of hydrogen-bond acceptors (Lipinski definition) is 7. The molecule has 3 rings (SSSR count). The third-order valence-electron chi connectivity index (χ3n) is 5.74. The maximum atomic E-state index is 12.4. The highest BCUT2D eigenvalue weighted by atomic mass is 16.7. The Kier molecular flexibility index (Phi) is 6.12. The fraction of sp³-hybridized carbons (Fsp3) is 0.565. The molecule has 1 aliphatic rings. The lowest BCUT2D eigenvalue weighted by Gasteiger charge is -2.32. The van der Waals surface area contributed by atoms with Crippen LogP contribution in [0.25, 0.3) is 11.0 Å². The summed E-state index contributed by atoms with van der Waals surface area (Å²) in [5.74, 6) is -0.0975. The number of nitrogens with one attached hydrogen (secondary N) is 1. The Hall–Kier alpha value is -2.52. The van der Waals surface area contributed by atoms with Crippen molar-refractivity contribution in [1.29, 1.82) is 0 Å². The number of aryl methyl sites for hydroxylation is 1. The van der Waals surface area contributed by atoms with Gasteiger partial charge in [-0.25, -0.2) is 9.59 Å². The van der Waals surface area contributed by atoms with Gasteiger partial charge in [-0.3, -0.25) is 0 Å². The number of benzene rings is 1. The predicted octanol–water partition coefficient (Wildman–Crippen LogP) is 3.85. The van der Waals surface area contributed by atoms with Crippen LogP contribution in [0.2, 0.25) is 0 Å². The Balaban J connectivity index is 2.10. The van der Waals surface area contributed by atoms with Gasteiger partial charge in [0.15, 0.2) is 0 Å². The molecule has 1 saturated heterocycles. The first-order valence-electron chi connectivity index (χ1n) is 10.6. The summed E-state index contributed by atoms with van der Waals surface area (Å²) in [6, 6.07) is 3.61. The molecule has 32 heavy (non-hydrogen) atoms. The van der Waals surface area contributed by atoms with E-state index in [0.29, 0.717) is 27.8 Å². The molecule has 2 aromatic rings. The van der Waals surface area contributed by atoms with Crippen molar-refractivity contribution < 1.29 is 32.8 Å². The second-order valence-corrected chi connectivity index (χ2v) is 10.1. The van der Waals surface area contributed by atoms with E-state index in [1.165, 1.54) is 7.11 Å². The lowest BCUT2D eigenvalue weighted by atomic mass is 9.76. The fourth-order valence-electron chi connectivity index (χ4n) is 3.49. The van der Waals surface area contributed by atoms with E-state index in [0.717, 1.165) is 5.56 Å². The Morgan fingerprint density at radius 1 is 1.09 bits per heavy atom. The molecule has 9 heteroatoms. The van der Waals surface area contributed by atoms with Crippen molar-refractivity contribution in [2.24, 2.45) is 0 Å². The van der Waals surface area contributed by atoms with Gasteiger partial charge in [-0.1, -0.05) is 0 Å². The standard InChI is InChI=1S/C23H32BNO7/c1-13-10-14-17(24-31-22(5,6)23(7,8)32-24)16(12-25-20(27)30-21(2,3)4)29-18(14)15(11-13)19(26)28-9/h10-11H,12H2,1-9H3,(H,25,27). The highest BCUT2D eigenvalue weighted by Crippen LogP contribution is 2.38. The summed E-state index contributed by atoms with van der Waals surface area (Å²) in [6.07, 6.45) is -0.581. The van der Waals surface area contributed by atoms with Gasteiger partial charge in [-0.05, 0) is 73.1 Å². The minimum absolute atomic E-state index is 0.0304. The van der Waals surface area contributed by atoms with Gasteiger partial charge >= 0.3 is 19.2 Å². The number of fused-ring (bicyclic) bond motifs is 1. The number of methoxy groups -OCH3 is 1. The molecule has 8 nitrogen and oxygen atoms in total. The molecule has 174 valence electrons. The van der Waals surface area contributed by atoms with E-state index in [1.54, 1.807) is 26.8 Å². The summed E-state index contributed by atoms with van der Waals surface area (Å²) in [5.41, 5.74) is 0.337. The van der Waals surface area contributed by atoms with E-state index in [2.05, 4.69) is 5.32 Å². The molecule has 1 amide bonds. The van der Waals surface area contributed by atoms with Crippen molar-refractivity contribution in [3.05, 3.63) is 29.0 Å². The van der Waals surface area contributed by atoms with Gasteiger partial charge in [0.1, 0.15) is 22.5 Å². The Bertz CT molecular complexity index is 1030. The number of alkyl carbamates (subject to hydrolysis) is 1. The maximum Gasteiger partial charge on any atom is 0.499 e. The van der Waals surface area contributed by atoms with E-state index >= 15 is 0 Å². The topological polar surface area (TPSA) is 96.2 Å². The van der Waals surface area contributed by atoms with Crippen LogP contribution in [0.3, 0.4) is 0 Å². The van der Waals surface area contributed by atoms with Crippen LogP contribution in [0.1, 0.15) is 70.1 Å². The molecule has 1 aromatic heterocycles. The summed E-state index contributed by atoms with van der Waals surface area (Å²) < 4.78 is 28.9. The average Bonchev–Trinajstić information content (AvgIpc) is 3.10. The van der Waals surface area contributed by atoms with Crippen molar-refractivity contribution in [2.75, 3.05) is 7.11 Å². The van der Waals surface area contributed by atoms with Gasteiger partial charge < -0.3 is 28.5 Å². The van der Waals surface area contributed by atoms with Crippen molar-refractivity contribution in [2.45, 2.75) is 78.7 Å². The van der Waals surface area contributed by atoms with Gasteiger partial charge in [0, 0.05) is 10.8 Å². The van der Waals surface area contributed by atoms with E-state index in [-0.39, 0.29) is 6.54 Å². The number of ether oxygens (including phenoxy) is 2. The van der Waals surface area contributed by atoms with Crippen LogP contribution >= 0.6 is 0 Å². The minimum atomic E-state index is -0.746. The molecule has 1 fully saturated rings. The van der Waals surface area contributed by atoms with Crippen molar-refractivity contribution >= 4 is 35.6 Å². The molecule has 0 spiro atoms. The number of carbonyl (C=O) groups is 2. The summed E-state index contributed by atoms with van der Waals surface area (Å²) in [5, 5.41) is 3.39. The summed E-state index contributed by atoms with van der Waals surface area (Å²) in [7, 11) is 0.573. The first-order valence-corrected chi connectivity index (χ1v) is 10.6. The molecule has 0 unspecified atom stereocenters. The Morgan fingerprint density at radius 3 is 2.22 bits per heavy atom. The molecule has 0 bridgehead atoms. The predicted molar refractivity (Wildman–Crippen MR) is 121 cm³/mol. The minimum Gasteiger partial charge on any atom is -0.465 e. The van der Waals surface area contributed by atoms with E-state index in [4.69, 9.17) is 23.2 Å². The SMILES string of the molecule is COC(=O)c1cc(C)cc2c(B3OC(C)(C)C(C)(C)O3)c(CNC(=O)OC(C)(C)C)oc12. The molecule has 2 heterocycles. The normalized spacial score (nSPS) is 17.5. The monoisotopic (exact) mass is 445 g/mol. The summed E-state index contributed by atoms with van der Waals surface area (Å²) >= 11 is 0. The number of carbonyl (C=O) groups excluding carboxylic acids is 2. The first-order chi connectivity index (χ1) is 14.6. The molecule has 1 aliphatic heterocycles. The van der Waals surface area contributed by atoms with Gasteiger partial charge in [-0.15, -0.1) is 0 Å². The molecule has 1 aromatic carbocycles. The third kappa shape index (κ3) is 4.64. The molecule has 1 N–H and O–H groups in total. The largest absolute Gasteiger partial charge is 0.499 e. The van der Waals surface area contributed by atoms with E-state index in [9.17, 15) is 9.59 Å². The maximum absolute atomic E-state index is 12.4. The number of furan rings is 1. The lowest BCUT2D eigenvalue weighted by molar-refractivity contribution is 0.00578. The quantitative estimate of drug-likeness (QED) is 0.564. The van der Waals surface area contributed by atoms with Crippen LogP contribution in [0, 0.1) is 6.92 Å². The molecular weight excluding hydrogens is 413 g/mol. The van der Waals surface area contributed by atoms with Crippen LogP contribution in [-0.4, -0.2) is 43.1 Å². The van der Waals surface area contributed by atoms with Crippen LogP contribution in [-0.2, 0) is 25.3 Å². The highest BCUT2D eigenvalue weighted by Gasteiger charge is 2.53. The van der Waals surface area contributed by atoms with Crippen LogP contribution in [0.4, 0.5) is 4.79 Å². The van der Waals surface area contributed by atoms with Crippen molar-refractivity contribution in [1.82, 2.24) is 5.32 Å². The van der Waals surface area contributed by atoms with Crippen molar-refractivity contribution in [3.63, 3.8) is 0 Å². The Labute approximate surface area is 189 Å². The zero-order valence-electron chi connectivity index (χ0n) is 20.3. The van der Waals surface area contributed by atoms with Gasteiger partial charge in [-0.2, -0.15) is 0 Å². The summed E-state index contributed by atoms with van der Waals surface area (Å²) in [4.78, 5) is 24.7. The second kappa shape index (κ2) is 8.12. The van der Waals surface area contributed by atoms with Gasteiger partial charge in [0.05, 0.1) is 24.9 Å². The second-order valence-electron chi connectivity index (χ2n) is 10.1. The number of hydrogen-bond donors (Lipinski definition) is 1. The number of esters is 1. The third-order valence-corrected chi connectivity index (χ3v) is 5.74. The van der Waals surface area contributed by atoms with E-state index < -0.39 is 36.0 Å². The molecule has 0 radical (unpaired) electrons. The molecular formula is C23H32BNO7. The number of rotatable bonds is 4. The zero-order chi connectivity index (χ0) is 24.1. The zero-order valence-corrected chi connectivity index (χ0v) is 20.3. The Morgan fingerprint density at radius 2 is 1.69 bits per heavy atom. The lowest BCUT2D eigenvalue weighted by Crippen LogP contribution is -2.41. The van der Waals surface area contributed by atoms with E-state index in [1.807, 2.05) is 40.7 Å². The highest BCUT2D eigenvalue weighted by molar-refractivity contribution is 6.65. The summed E-state index contributed by atoms with van der Waals surface area (Å²) in [6.45, 7) is 15.1. The smallest absolute Gasteiger partial charge is 0.465 e. The first kappa shape index (κ1) is 24.1. The van der Waals surface area contributed by atoms with Gasteiger partial charge in [0.2, 0.25) is 0 Å². The van der Waals surface area contributed by atoms with Crippen LogP contribution < -0.4 is 10.8 Å². The van der Waals surface area contributed by atoms with Crippen LogP contribution in [0.15, 0.2) is 16.5 Å². The molecule has 0 aliphatic carbocycles. The molecule has 0 saturated carbocycles. The van der Waals surface area contributed by atoms with Crippen molar-refractivity contribution in [3.8, 4) is 0 Å². The van der Waals surface area contributed by atoms with Gasteiger partial charge in [0.25, 0.3) is 0 Å².